The topological polar surface area (TPSA) is 116 Å². The van der Waals surface area contributed by atoms with Crippen LogP contribution in [0.3, 0.4) is 0 Å². The number of aliphatic hydroxyl groups excluding tert-OH is 4. The van der Waals surface area contributed by atoms with E-state index >= 15 is 0 Å². The Balaban J connectivity index is 2.13. The number of nitrogens with two attached hydrogens (primary N) is 1. The fraction of sp³-hybridized carbons (Fsp3) is 0.500. The van der Waals surface area contributed by atoms with E-state index in [9.17, 15) is 15.3 Å². The van der Waals surface area contributed by atoms with E-state index < -0.39 is 36.5 Å². The summed E-state index contributed by atoms with van der Waals surface area (Å²) >= 11 is 1.14. The Morgan fingerprint density at radius 1 is 1.11 bits per heavy atom. The van der Waals surface area contributed by atoms with Crippen LogP contribution < -0.4 is 5.73 Å². The largest absolute Gasteiger partial charge is 0.398 e. The lowest BCUT2D eigenvalue weighted by Crippen LogP contribution is -2.57. The molecule has 0 radical (unpaired) electrons. The van der Waals surface area contributed by atoms with Gasteiger partial charge in [-0.1, -0.05) is 23.9 Å². The van der Waals surface area contributed by atoms with E-state index in [4.69, 9.17) is 15.6 Å². The van der Waals surface area contributed by atoms with E-state index in [-0.39, 0.29) is 0 Å². The predicted octanol–water partition coefficient (Wildman–Crippen LogP) is -0.839. The van der Waals surface area contributed by atoms with E-state index in [2.05, 4.69) is 0 Å². The minimum absolute atomic E-state index is 0.438. The quantitative estimate of drug-likeness (QED) is 0.460. The molecular weight excluding hydrogens is 270 g/mol. The molecule has 19 heavy (non-hydrogen) atoms. The van der Waals surface area contributed by atoms with Crippen LogP contribution in [0.15, 0.2) is 29.2 Å². The highest BCUT2D eigenvalue weighted by molar-refractivity contribution is 8.00. The van der Waals surface area contributed by atoms with Crippen LogP contribution in [-0.4, -0.2) is 56.9 Å². The average molecular weight is 287 g/mol. The molecule has 1 heterocycles. The van der Waals surface area contributed by atoms with Gasteiger partial charge in [-0.05, 0) is 12.1 Å². The van der Waals surface area contributed by atoms with Gasteiger partial charge in [0.2, 0.25) is 0 Å². The van der Waals surface area contributed by atoms with Crippen molar-refractivity contribution in [2.75, 3.05) is 12.3 Å². The SMILES string of the molecule is Nc1ccccc1SC1O[C@H](CO)[C@H](O)[C@H](O)[C@H]1O. The van der Waals surface area contributed by atoms with E-state index in [1.807, 2.05) is 0 Å². The Morgan fingerprint density at radius 2 is 1.79 bits per heavy atom. The van der Waals surface area contributed by atoms with Crippen LogP contribution in [0, 0.1) is 0 Å². The number of benzene rings is 1. The van der Waals surface area contributed by atoms with Crippen molar-refractivity contribution < 1.29 is 25.2 Å². The number of nitrogen functional groups attached to an aromatic ring is 1. The standard InChI is InChI=1S/C12H17NO5S/c13-6-3-1-2-4-8(6)19-12-11(17)10(16)9(15)7(5-14)18-12/h1-4,7,9-12,14-17H,5,13H2/t7-,9+,10+,11-,12?/m1/s1. The number of rotatable bonds is 3. The molecule has 5 atom stereocenters. The second kappa shape index (κ2) is 6.08. The number of para-hydroxylation sites is 1. The Bertz CT molecular complexity index is 430. The summed E-state index contributed by atoms with van der Waals surface area (Å²) in [4.78, 5) is 0.701. The van der Waals surface area contributed by atoms with Crippen molar-refractivity contribution >= 4 is 17.4 Å². The molecule has 6 nitrogen and oxygen atoms in total. The zero-order chi connectivity index (χ0) is 14.0. The molecule has 0 bridgehead atoms. The molecule has 2 rings (SSSR count). The van der Waals surface area contributed by atoms with Crippen LogP contribution in [-0.2, 0) is 4.74 Å². The normalized spacial score (nSPS) is 35.3. The molecule has 1 aliphatic heterocycles. The second-order valence-electron chi connectivity index (χ2n) is 4.35. The minimum atomic E-state index is -1.37. The molecule has 0 spiro atoms. The van der Waals surface area contributed by atoms with Gasteiger partial charge in [-0.2, -0.15) is 0 Å². The zero-order valence-corrected chi connectivity index (χ0v) is 10.9. The second-order valence-corrected chi connectivity index (χ2v) is 5.49. The number of anilines is 1. The third-order valence-electron chi connectivity index (χ3n) is 3.01. The number of aliphatic hydroxyl groups is 4. The molecule has 1 aromatic rings. The summed E-state index contributed by atoms with van der Waals surface area (Å²) in [6.45, 7) is -0.438. The van der Waals surface area contributed by atoms with Gasteiger partial charge in [-0.3, -0.25) is 0 Å². The highest BCUT2D eigenvalue weighted by Gasteiger charge is 2.43. The van der Waals surface area contributed by atoms with Crippen molar-refractivity contribution in [1.82, 2.24) is 0 Å². The molecule has 0 amide bonds. The van der Waals surface area contributed by atoms with Gasteiger partial charge in [-0.25, -0.2) is 0 Å². The van der Waals surface area contributed by atoms with Gasteiger partial charge < -0.3 is 30.9 Å². The summed E-state index contributed by atoms with van der Waals surface area (Å²) in [6, 6.07) is 7.06. The summed E-state index contributed by atoms with van der Waals surface area (Å²) in [5, 5.41) is 38.3. The summed E-state index contributed by atoms with van der Waals surface area (Å²) in [7, 11) is 0. The molecule has 1 unspecified atom stereocenters. The maximum atomic E-state index is 9.90. The summed E-state index contributed by atoms with van der Waals surface area (Å²) < 4.78 is 5.39. The average Bonchev–Trinajstić information content (AvgIpc) is 2.41. The number of hydrogen-bond donors (Lipinski definition) is 5. The van der Waals surface area contributed by atoms with Crippen LogP contribution >= 0.6 is 11.8 Å². The van der Waals surface area contributed by atoms with Crippen LogP contribution in [0.1, 0.15) is 0 Å². The fourth-order valence-corrected chi connectivity index (χ4v) is 2.99. The van der Waals surface area contributed by atoms with E-state index in [1.54, 1.807) is 24.3 Å². The highest BCUT2D eigenvalue weighted by atomic mass is 32.2. The lowest BCUT2D eigenvalue weighted by atomic mass is 10.0. The Labute approximate surface area is 114 Å². The lowest BCUT2D eigenvalue weighted by Gasteiger charge is -2.39. The number of ether oxygens (including phenoxy) is 1. The molecule has 0 aliphatic carbocycles. The van der Waals surface area contributed by atoms with Crippen LogP contribution in [0.5, 0.6) is 0 Å². The first-order valence-electron chi connectivity index (χ1n) is 5.86. The molecular formula is C12H17NO5S. The Hall–Kier alpha value is -0.830. The Kier molecular flexibility index (Phi) is 4.67. The maximum absolute atomic E-state index is 9.90. The van der Waals surface area contributed by atoms with Crippen molar-refractivity contribution in [3.05, 3.63) is 24.3 Å². The molecule has 0 saturated carbocycles. The Morgan fingerprint density at radius 3 is 2.42 bits per heavy atom. The summed E-state index contributed by atoms with van der Waals surface area (Å²) in [6.07, 6.45) is -4.87. The summed E-state index contributed by atoms with van der Waals surface area (Å²) in [5.41, 5.74) is 5.52. The summed E-state index contributed by atoms with van der Waals surface area (Å²) in [5.74, 6) is 0. The van der Waals surface area contributed by atoms with Crippen LogP contribution in [0.4, 0.5) is 5.69 Å². The van der Waals surface area contributed by atoms with E-state index in [0.29, 0.717) is 10.6 Å². The third-order valence-corrected chi connectivity index (χ3v) is 4.26. The molecule has 6 N–H and O–H groups in total. The molecule has 7 heteroatoms. The lowest BCUT2D eigenvalue weighted by molar-refractivity contribution is -0.205. The smallest absolute Gasteiger partial charge is 0.136 e. The van der Waals surface area contributed by atoms with Gasteiger partial charge in [0.05, 0.1) is 6.61 Å². The van der Waals surface area contributed by atoms with Crippen molar-refractivity contribution in [2.45, 2.75) is 34.7 Å². The van der Waals surface area contributed by atoms with Gasteiger partial charge in [0.15, 0.2) is 0 Å². The minimum Gasteiger partial charge on any atom is -0.398 e. The molecule has 0 aromatic heterocycles. The first kappa shape index (κ1) is 14.6. The molecule has 1 aliphatic rings. The maximum Gasteiger partial charge on any atom is 0.136 e. The van der Waals surface area contributed by atoms with Gasteiger partial charge in [0.1, 0.15) is 29.9 Å². The third kappa shape index (κ3) is 3.02. The van der Waals surface area contributed by atoms with Crippen molar-refractivity contribution in [2.24, 2.45) is 0 Å². The predicted molar refractivity (Wildman–Crippen MR) is 70.5 cm³/mol. The first-order valence-corrected chi connectivity index (χ1v) is 6.74. The fourth-order valence-electron chi connectivity index (χ4n) is 1.88. The van der Waals surface area contributed by atoms with Gasteiger partial charge in [-0.15, -0.1) is 0 Å². The monoisotopic (exact) mass is 287 g/mol. The van der Waals surface area contributed by atoms with Gasteiger partial charge in [0.25, 0.3) is 0 Å². The van der Waals surface area contributed by atoms with E-state index in [1.165, 1.54) is 0 Å². The molecule has 106 valence electrons. The first-order chi connectivity index (χ1) is 9.04. The highest BCUT2D eigenvalue weighted by Crippen LogP contribution is 2.35. The van der Waals surface area contributed by atoms with Gasteiger partial charge in [0, 0.05) is 10.6 Å². The number of thioether (sulfide) groups is 1. The van der Waals surface area contributed by atoms with Crippen molar-refractivity contribution in [3.8, 4) is 0 Å². The van der Waals surface area contributed by atoms with E-state index in [0.717, 1.165) is 11.8 Å². The van der Waals surface area contributed by atoms with Crippen molar-refractivity contribution in [3.63, 3.8) is 0 Å². The van der Waals surface area contributed by atoms with Crippen LogP contribution in [0.25, 0.3) is 0 Å². The number of hydrogen-bond acceptors (Lipinski definition) is 7. The van der Waals surface area contributed by atoms with Crippen molar-refractivity contribution in [1.29, 1.82) is 0 Å². The molecule has 1 aromatic carbocycles. The molecule has 1 saturated heterocycles. The zero-order valence-electron chi connectivity index (χ0n) is 10.1. The van der Waals surface area contributed by atoms with Gasteiger partial charge >= 0.3 is 0 Å². The van der Waals surface area contributed by atoms with Crippen LogP contribution in [0.2, 0.25) is 0 Å². The molecule has 1 fully saturated rings.